The Bertz CT molecular complexity index is 2450. The minimum atomic E-state index is 0.291. The van der Waals surface area contributed by atoms with Crippen LogP contribution in [-0.4, -0.2) is 14.5 Å². The van der Waals surface area contributed by atoms with Crippen LogP contribution in [0.15, 0.2) is 158 Å². The molecular weight excluding hydrogens is 583 g/mol. The van der Waals surface area contributed by atoms with Gasteiger partial charge in [-0.25, -0.2) is 0 Å². The van der Waals surface area contributed by atoms with Crippen LogP contribution < -0.4 is 0 Å². The zero-order chi connectivity index (χ0) is 28.3. The van der Waals surface area contributed by atoms with Gasteiger partial charge in [0, 0.05) is 0 Å². The van der Waals surface area contributed by atoms with Gasteiger partial charge in [0.2, 0.25) is 0 Å². The maximum absolute atomic E-state index is 2.38. The Morgan fingerprint density at radius 3 is 1.56 bits per heavy atom. The zero-order valence-electron chi connectivity index (χ0n) is 23.4. The summed E-state index contributed by atoms with van der Waals surface area (Å²) in [7, 11) is 0. The van der Waals surface area contributed by atoms with E-state index in [-0.39, 0.29) is 0 Å². The summed E-state index contributed by atoms with van der Waals surface area (Å²) in [5.41, 5.74) is 7.72. The van der Waals surface area contributed by atoms with Crippen molar-refractivity contribution in [3.63, 3.8) is 0 Å². The summed E-state index contributed by atoms with van der Waals surface area (Å²) in [6, 6.07) is 58.3. The predicted octanol–water partition coefficient (Wildman–Crippen LogP) is 11.5. The van der Waals surface area contributed by atoms with E-state index in [4.69, 9.17) is 0 Å². The van der Waals surface area contributed by atoms with Crippen LogP contribution in [0.25, 0.3) is 85.0 Å². The van der Waals surface area contributed by atoms with Crippen LogP contribution in [0.5, 0.6) is 0 Å². The van der Waals surface area contributed by atoms with Crippen LogP contribution in [0, 0.1) is 0 Å². The van der Waals surface area contributed by atoms with E-state index < -0.39 is 0 Å². The van der Waals surface area contributed by atoms with Crippen molar-refractivity contribution < 1.29 is 0 Å². The van der Waals surface area contributed by atoms with Gasteiger partial charge >= 0.3 is 257 Å². The number of benzene rings is 8. The molecule has 0 saturated heterocycles. The van der Waals surface area contributed by atoms with Gasteiger partial charge in [-0.3, -0.25) is 0 Å². The molecule has 0 N–H and O–H groups in total. The summed E-state index contributed by atoms with van der Waals surface area (Å²) in [5, 5.41) is 10.6. The van der Waals surface area contributed by atoms with Crippen molar-refractivity contribution in [3.05, 3.63) is 158 Å². The zero-order valence-corrected chi connectivity index (χ0v) is 25.1. The van der Waals surface area contributed by atoms with Crippen LogP contribution in [0.2, 0.25) is 0 Å². The minimum absolute atomic E-state index is 0.291. The van der Waals surface area contributed by atoms with Crippen LogP contribution in [-0.2, 0) is 0 Å². The molecule has 0 aliphatic rings. The third kappa shape index (κ3) is 3.76. The fourth-order valence-corrected chi connectivity index (χ4v) is 9.41. The number of hydrogen-bond donors (Lipinski definition) is 0. The molecule has 0 nitrogen and oxygen atoms in total. The molecule has 9 aromatic rings. The second-order valence-electron chi connectivity index (χ2n) is 11.2. The second kappa shape index (κ2) is 9.82. The summed E-state index contributed by atoms with van der Waals surface area (Å²) in [4.78, 5) is 0. The van der Waals surface area contributed by atoms with Gasteiger partial charge in [-0.05, 0) is 0 Å². The standard InChI is InChI=1S/C42H26Se/c1-2-13-27(14-3-1)28-25-26-39-42(37-21-10-11-24-38(37)43-39)41(28)36-20-9-7-18-32(36)35-23-12-22-34-31-16-5-4-15-29(31)30-17-6-8-19-33(30)40(34)35/h1-26H. The molecule has 1 heteroatoms. The van der Waals surface area contributed by atoms with Gasteiger partial charge in [0.05, 0.1) is 0 Å². The van der Waals surface area contributed by atoms with Crippen LogP contribution >= 0.6 is 0 Å². The molecule has 9 rings (SSSR count). The summed E-state index contributed by atoms with van der Waals surface area (Å²) in [6.07, 6.45) is 0. The molecule has 0 fully saturated rings. The molecule has 43 heavy (non-hydrogen) atoms. The van der Waals surface area contributed by atoms with Crippen molar-refractivity contribution >= 4 is 66.1 Å². The van der Waals surface area contributed by atoms with Gasteiger partial charge < -0.3 is 0 Å². The maximum atomic E-state index is 2.38. The van der Waals surface area contributed by atoms with Crippen LogP contribution in [0.1, 0.15) is 0 Å². The Kier molecular flexibility index (Phi) is 5.63. The molecule has 0 bridgehead atoms. The van der Waals surface area contributed by atoms with E-state index in [1.54, 1.807) is 0 Å². The summed E-state index contributed by atoms with van der Waals surface area (Å²) >= 11 is 0.291. The van der Waals surface area contributed by atoms with E-state index in [1.165, 1.54) is 85.0 Å². The fourth-order valence-electron chi connectivity index (χ4n) is 7.07. The average molecular weight is 610 g/mol. The van der Waals surface area contributed by atoms with E-state index in [0.717, 1.165) is 0 Å². The Morgan fingerprint density at radius 1 is 0.279 bits per heavy atom. The van der Waals surface area contributed by atoms with E-state index in [1.807, 2.05) is 0 Å². The molecule has 1 heterocycles. The molecule has 0 saturated carbocycles. The van der Waals surface area contributed by atoms with E-state index in [9.17, 15) is 0 Å². The van der Waals surface area contributed by atoms with Crippen LogP contribution in [0.4, 0.5) is 0 Å². The number of hydrogen-bond acceptors (Lipinski definition) is 0. The summed E-state index contributed by atoms with van der Waals surface area (Å²) in [6.45, 7) is 0. The molecule has 200 valence electrons. The molecule has 0 aliphatic carbocycles. The van der Waals surface area contributed by atoms with Gasteiger partial charge in [-0.1, -0.05) is 0 Å². The van der Waals surface area contributed by atoms with Gasteiger partial charge in [0.1, 0.15) is 0 Å². The Labute approximate surface area is 256 Å². The van der Waals surface area contributed by atoms with Crippen molar-refractivity contribution in [2.24, 2.45) is 0 Å². The van der Waals surface area contributed by atoms with Crippen molar-refractivity contribution in [3.8, 4) is 33.4 Å². The normalized spacial score (nSPS) is 11.7. The molecule has 0 aliphatic heterocycles. The van der Waals surface area contributed by atoms with Crippen molar-refractivity contribution in [2.45, 2.75) is 0 Å². The van der Waals surface area contributed by atoms with Gasteiger partial charge in [-0.15, -0.1) is 0 Å². The molecule has 0 atom stereocenters. The molecule has 0 radical (unpaired) electrons. The van der Waals surface area contributed by atoms with Crippen molar-refractivity contribution in [2.75, 3.05) is 0 Å². The molecule has 1 aromatic heterocycles. The van der Waals surface area contributed by atoms with Crippen molar-refractivity contribution in [1.29, 1.82) is 0 Å². The topological polar surface area (TPSA) is 0 Å². The Balaban J connectivity index is 1.45. The van der Waals surface area contributed by atoms with Crippen LogP contribution in [0.3, 0.4) is 0 Å². The third-order valence-electron chi connectivity index (χ3n) is 8.88. The first-order valence-electron chi connectivity index (χ1n) is 14.8. The van der Waals surface area contributed by atoms with E-state index in [0.29, 0.717) is 14.5 Å². The van der Waals surface area contributed by atoms with Crippen molar-refractivity contribution in [1.82, 2.24) is 0 Å². The SMILES string of the molecule is c1ccc(-c2ccc3[se]c4ccccc4c3c2-c2ccccc2-c2cccc3c4ccccc4c4ccccc4c23)cc1. The molecular formula is C42H26Se. The average Bonchev–Trinajstić information content (AvgIpc) is 3.47. The first kappa shape index (κ1) is 24.6. The van der Waals surface area contributed by atoms with E-state index >= 15 is 0 Å². The first-order valence-corrected chi connectivity index (χ1v) is 16.5. The quantitative estimate of drug-likeness (QED) is 0.138. The van der Waals surface area contributed by atoms with E-state index in [2.05, 4.69) is 158 Å². The predicted molar refractivity (Wildman–Crippen MR) is 187 cm³/mol. The summed E-state index contributed by atoms with van der Waals surface area (Å²) in [5.74, 6) is 0. The monoisotopic (exact) mass is 610 g/mol. The number of rotatable bonds is 3. The van der Waals surface area contributed by atoms with Gasteiger partial charge in [-0.2, -0.15) is 0 Å². The summed E-state index contributed by atoms with van der Waals surface area (Å²) < 4.78 is 2.93. The molecule has 0 unspecified atom stereocenters. The third-order valence-corrected chi connectivity index (χ3v) is 11.3. The second-order valence-corrected chi connectivity index (χ2v) is 13.5. The number of fused-ring (bicyclic) bond motifs is 9. The molecule has 0 spiro atoms. The van der Waals surface area contributed by atoms with Gasteiger partial charge in [0.15, 0.2) is 0 Å². The Morgan fingerprint density at radius 2 is 0.814 bits per heavy atom. The first-order chi connectivity index (χ1) is 21.4. The Hall–Kier alpha value is -4.94. The van der Waals surface area contributed by atoms with Gasteiger partial charge in [0.25, 0.3) is 0 Å². The molecule has 8 aromatic carbocycles. The molecule has 0 amide bonds. The fraction of sp³-hybridized carbons (Fsp3) is 0.